The van der Waals surface area contributed by atoms with Crippen molar-refractivity contribution in [3.8, 4) is 5.75 Å². The lowest BCUT2D eigenvalue weighted by atomic mass is 10.0. The molecule has 0 spiro atoms. The fourth-order valence-electron chi connectivity index (χ4n) is 1.91. The number of thiazole rings is 1. The summed E-state index contributed by atoms with van der Waals surface area (Å²) in [5, 5.41) is 6.49. The topological polar surface area (TPSA) is 34.1 Å². The minimum absolute atomic E-state index is 0.477. The molecule has 21 heavy (non-hydrogen) atoms. The second kappa shape index (κ2) is 7.57. The predicted molar refractivity (Wildman–Crippen MR) is 89.0 cm³/mol. The summed E-state index contributed by atoms with van der Waals surface area (Å²) in [7, 11) is 0. The maximum Gasteiger partial charge on any atom is 0.140 e. The number of hydrogen-bond acceptors (Lipinski definition) is 4. The van der Waals surface area contributed by atoms with Crippen molar-refractivity contribution >= 4 is 11.3 Å². The largest absolute Gasteiger partial charge is 0.486 e. The summed E-state index contributed by atoms with van der Waals surface area (Å²) < 4.78 is 5.85. The van der Waals surface area contributed by atoms with Gasteiger partial charge >= 0.3 is 0 Å². The van der Waals surface area contributed by atoms with E-state index in [2.05, 4.69) is 55.5 Å². The van der Waals surface area contributed by atoms with Gasteiger partial charge in [-0.15, -0.1) is 11.3 Å². The Balaban J connectivity index is 1.89. The Morgan fingerprint density at radius 1 is 1.24 bits per heavy atom. The van der Waals surface area contributed by atoms with Crippen molar-refractivity contribution in [2.45, 2.75) is 52.8 Å². The Kier molecular flexibility index (Phi) is 5.76. The fraction of sp³-hybridized carbons (Fsp3) is 0.471. The number of ether oxygens (including phenoxy) is 1. The first kappa shape index (κ1) is 16.0. The third-order valence-corrected chi connectivity index (χ3v) is 4.05. The van der Waals surface area contributed by atoms with E-state index in [0.29, 0.717) is 18.6 Å². The number of nitrogens with one attached hydrogen (secondary N) is 1. The van der Waals surface area contributed by atoms with Crippen molar-refractivity contribution in [2.24, 2.45) is 0 Å². The van der Waals surface area contributed by atoms with Crippen LogP contribution in [0.25, 0.3) is 0 Å². The number of benzene rings is 1. The van der Waals surface area contributed by atoms with Gasteiger partial charge in [-0.1, -0.05) is 39.8 Å². The zero-order chi connectivity index (χ0) is 15.2. The highest BCUT2D eigenvalue weighted by atomic mass is 32.1. The molecular weight excluding hydrogens is 280 g/mol. The van der Waals surface area contributed by atoms with Gasteiger partial charge in [-0.05, 0) is 23.6 Å². The van der Waals surface area contributed by atoms with Crippen LogP contribution in [0.3, 0.4) is 0 Å². The van der Waals surface area contributed by atoms with Crippen LogP contribution in [0.1, 0.15) is 49.9 Å². The Morgan fingerprint density at radius 2 is 2.05 bits per heavy atom. The first-order chi connectivity index (χ1) is 10.0. The molecule has 0 unspecified atom stereocenters. The second-order valence-corrected chi connectivity index (χ2v) is 6.73. The second-order valence-electron chi connectivity index (χ2n) is 5.78. The zero-order valence-corrected chi connectivity index (χ0v) is 14.0. The van der Waals surface area contributed by atoms with Crippen LogP contribution in [0.2, 0.25) is 0 Å². The third-order valence-electron chi connectivity index (χ3n) is 3.18. The van der Waals surface area contributed by atoms with Crippen LogP contribution in [0, 0.1) is 0 Å². The van der Waals surface area contributed by atoms with Gasteiger partial charge < -0.3 is 10.1 Å². The molecule has 2 rings (SSSR count). The van der Waals surface area contributed by atoms with Crippen LogP contribution in [-0.4, -0.2) is 11.0 Å². The standard InChI is InChI=1S/C17H24N2OS/c1-12(2)14-6-5-7-16(8-14)20-10-17-19-15(11-21-17)9-18-13(3)4/h5-8,11-13,18H,9-10H2,1-4H3. The van der Waals surface area contributed by atoms with E-state index in [0.717, 1.165) is 23.0 Å². The molecule has 0 bridgehead atoms. The molecule has 4 heteroatoms. The van der Waals surface area contributed by atoms with Crippen molar-refractivity contribution in [1.82, 2.24) is 10.3 Å². The predicted octanol–water partition coefficient (Wildman–Crippen LogP) is 4.34. The van der Waals surface area contributed by atoms with Gasteiger partial charge in [-0.2, -0.15) is 0 Å². The molecule has 0 fully saturated rings. The van der Waals surface area contributed by atoms with E-state index in [4.69, 9.17) is 4.74 Å². The number of aromatic nitrogens is 1. The molecule has 2 aromatic rings. The first-order valence-corrected chi connectivity index (χ1v) is 8.32. The Bertz CT molecular complexity index is 563. The first-order valence-electron chi connectivity index (χ1n) is 7.44. The maximum absolute atomic E-state index is 5.85. The van der Waals surface area contributed by atoms with Crippen molar-refractivity contribution in [2.75, 3.05) is 0 Å². The molecule has 0 aliphatic rings. The van der Waals surface area contributed by atoms with E-state index < -0.39 is 0 Å². The van der Waals surface area contributed by atoms with Crippen LogP contribution < -0.4 is 10.1 Å². The van der Waals surface area contributed by atoms with E-state index in [1.54, 1.807) is 11.3 Å². The number of rotatable bonds is 7. The normalized spacial score (nSPS) is 11.3. The summed E-state index contributed by atoms with van der Waals surface area (Å²) in [5.41, 5.74) is 2.39. The van der Waals surface area contributed by atoms with Gasteiger partial charge in [0.05, 0.1) is 5.69 Å². The molecule has 0 amide bonds. The van der Waals surface area contributed by atoms with Crippen LogP contribution in [-0.2, 0) is 13.2 Å². The Labute approximate surface area is 131 Å². The van der Waals surface area contributed by atoms with Crippen LogP contribution >= 0.6 is 11.3 Å². The van der Waals surface area contributed by atoms with Crippen molar-refractivity contribution < 1.29 is 4.74 Å². The highest BCUT2D eigenvalue weighted by molar-refractivity contribution is 7.09. The number of hydrogen-bond donors (Lipinski definition) is 1. The Morgan fingerprint density at radius 3 is 2.76 bits per heavy atom. The zero-order valence-electron chi connectivity index (χ0n) is 13.2. The smallest absolute Gasteiger partial charge is 0.140 e. The maximum atomic E-state index is 5.85. The molecule has 0 aliphatic carbocycles. The summed E-state index contributed by atoms with van der Waals surface area (Å²) in [6.07, 6.45) is 0. The van der Waals surface area contributed by atoms with Crippen LogP contribution in [0.4, 0.5) is 0 Å². The van der Waals surface area contributed by atoms with Gasteiger partial charge in [0.1, 0.15) is 17.4 Å². The average Bonchev–Trinajstić information content (AvgIpc) is 2.91. The van der Waals surface area contributed by atoms with Crippen molar-refractivity contribution in [1.29, 1.82) is 0 Å². The molecule has 3 nitrogen and oxygen atoms in total. The molecule has 0 atom stereocenters. The van der Waals surface area contributed by atoms with E-state index in [-0.39, 0.29) is 0 Å². The quantitative estimate of drug-likeness (QED) is 0.826. The summed E-state index contributed by atoms with van der Waals surface area (Å²) in [6, 6.07) is 8.77. The lowest BCUT2D eigenvalue weighted by Gasteiger charge is -2.09. The Hall–Kier alpha value is -1.39. The van der Waals surface area contributed by atoms with Crippen molar-refractivity contribution in [3.05, 3.63) is 45.9 Å². The summed E-state index contributed by atoms with van der Waals surface area (Å²) in [6.45, 7) is 10.0. The van der Waals surface area contributed by atoms with Gasteiger partial charge in [0.2, 0.25) is 0 Å². The van der Waals surface area contributed by atoms with Gasteiger partial charge in [0, 0.05) is 18.0 Å². The van der Waals surface area contributed by atoms with E-state index in [1.165, 1.54) is 5.56 Å². The van der Waals surface area contributed by atoms with Crippen LogP contribution in [0.5, 0.6) is 5.75 Å². The van der Waals surface area contributed by atoms with E-state index in [1.807, 2.05) is 12.1 Å². The molecule has 1 heterocycles. The molecule has 114 valence electrons. The summed E-state index contributed by atoms with van der Waals surface area (Å²) >= 11 is 1.65. The molecular formula is C17H24N2OS. The van der Waals surface area contributed by atoms with Gasteiger partial charge in [0.15, 0.2) is 0 Å². The minimum Gasteiger partial charge on any atom is -0.486 e. The lowest BCUT2D eigenvalue weighted by Crippen LogP contribution is -2.21. The van der Waals surface area contributed by atoms with E-state index >= 15 is 0 Å². The highest BCUT2D eigenvalue weighted by Gasteiger charge is 2.05. The van der Waals surface area contributed by atoms with E-state index in [9.17, 15) is 0 Å². The fourth-order valence-corrected chi connectivity index (χ4v) is 2.62. The average molecular weight is 304 g/mol. The summed E-state index contributed by atoms with van der Waals surface area (Å²) in [5.74, 6) is 1.43. The molecule has 1 aromatic heterocycles. The molecule has 1 aromatic carbocycles. The van der Waals surface area contributed by atoms with Gasteiger partial charge in [0.25, 0.3) is 0 Å². The molecule has 0 aliphatic heterocycles. The van der Waals surface area contributed by atoms with Gasteiger partial charge in [-0.25, -0.2) is 4.98 Å². The third kappa shape index (κ3) is 5.14. The van der Waals surface area contributed by atoms with Gasteiger partial charge in [-0.3, -0.25) is 0 Å². The molecule has 0 saturated heterocycles. The minimum atomic E-state index is 0.477. The SMILES string of the molecule is CC(C)NCc1csc(COc2cccc(C(C)C)c2)n1. The monoisotopic (exact) mass is 304 g/mol. The van der Waals surface area contributed by atoms with Crippen LogP contribution in [0.15, 0.2) is 29.6 Å². The summed E-state index contributed by atoms with van der Waals surface area (Å²) in [4.78, 5) is 4.59. The highest BCUT2D eigenvalue weighted by Crippen LogP contribution is 2.21. The molecule has 0 radical (unpaired) electrons. The van der Waals surface area contributed by atoms with Crippen molar-refractivity contribution in [3.63, 3.8) is 0 Å². The lowest BCUT2D eigenvalue weighted by molar-refractivity contribution is 0.305. The molecule has 0 saturated carbocycles. The number of nitrogens with zero attached hydrogens (tertiary/aromatic N) is 1. The molecule has 1 N–H and O–H groups in total.